The van der Waals surface area contributed by atoms with Gasteiger partial charge < -0.3 is 4.55 Å². The van der Waals surface area contributed by atoms with Gasteiger partial charge in [0.2, 0.25) is 6.17 Å². The summed E-state index contributed by atoms with van der Waals surface area (Å²) in [6.45, 7) is 0. The zero-order valence-electron chi connectivity index (χ0n) is 13.2. The van der Waals surface area contributed by atoms with Crippen molar-refractivity contribution in [1.29, 1.82) is 0 Å². The van der Waals surface area contributed by atoms with Crippen molar-refractivity contribution in [2.75, 3.05) is 0 Å². The van der Waals surface area contributed by atoms with Gasteiger partial charge >= 0.3 is 63.2 Å². The molecule has 0 rings (SSSR count). The molecule has 0 spiro atoms. The molecule has 0 saturated carbocycles. The van der Waals surface area contributed by atoms with Gasteiger partial charge in [-0.1, -0.05) is 0 Å². The Morgan fingerprint density at radius 1 is 0.607 bits per heavy atom. The molecule has 3 nitrogen and oxygen atoms in total. The maximum Gasteiger partial charge on any atom is 1.00 e. The first kappa shape index (κ1) is 30.8. The molecule has 18 heteroatoms. The van der Waals surface area contributed by atoms with E-state index >= 15 is 0 Å². The Morgan fingerprint density at radius 2 is 0.929 bits per heavy atom. The molecular weight excluding hydrogens is 486 g/mol. The van der Waals surface area contributed by atoms with Crippen LogP contribution in [-0.4, -0.2) is 73.8 Å². The molecule has 0 aromatic carbocycles. The first-order valence-electron chi connectivity index (χ1n) is 6.28. The van der Waals surface area contributed by atoms with E-state index < -0.39 is 70.9 Å². The topological polar surface area (TPSA) is 57.2 Å². The van der Waals surface area contributed by atoms with Crippen molar-refractivity contribution in [3.8, 4) is 0 Å². The number of hydrogen-bond acceptors (Lipinski definition) is 3. The van der Waals surface area contributed by atoms with Crippen LogP contribution in [0.2, 0.25) is 0 Å². The molecule has 0 aliphatic rings. The van der Waals surface area contributed by atoms with Crippen LogP contribution in [0, 0.1) is 0 Å². The van der Waals surface area contributed by atoms with Crippen LogP contribution in [0.25, 0.3) is 0 Å². The molecule has 0 amide bonds. The van der Waals surface area contributed by atoms with Gasteiger partial charge in [0.1, 0.15) is 10.1 Å². The van der Waals surface area contributed by atoms with E-state index in [1.54, 1.807) is 0 Å². The van der Waals surface area contributed by atoms with Gasteiger partial charge in [0, 0.05) is 0 Å². The van der Waals surface area contributed by atoms with Gasteiger partial charge in [0.25, 0.3) is 11.9 Å². The van der Waals surface area contributed by atoms with Crippen molar-refractivity contribution in [3.63, 3.8) is 0 Å². The summed E-state index contributed by atoms with van der Waals surface area (Å²) in [6.07, 6.45) is -31.8. The van der Waals surface area contributed by atoms with Crippen molar-refractivity contribution < 1.29 is 121 Å². The maximum absolute atomic E-state index is 13.2. The summed E-state index contributed by atoms with van der Waals surface area (Å²) in [7, 11) is -6.87. The Bertz CT molecular complexity index is 591. The second-order valence-electron chi connectivity index (χ2n) is 5.01. The third-order valence-electron chi connectivity index (χ3n) is 3.07. The Morgan fingerprint density at radius 3 is 1.25 bits per heavy atom. The molecule has 0 aliphatic carbocycles. The minimum absolute atomic E-state index is 0. The largest absolute Gasteiger partial charge is 1.00 e. The van der Waals surface area contributed by atoms with Gasteiger partial charge in [0.15, 0.2) is 30.9 Å². The summed E-state index contributed by atoms with van der Waals surface area (Å²) in [5.41, 5.74) is -5.35. The predicted octanol–water partition coefficient (Wildman–Crippen LogP) is 0.396. The summed E-state index contributed by atoms with van der Waals surface area (Å²) >= 11 is 0. The fourth-order valence-corrected chi connectivity index (χ4v) is 2.06. The Hall–Kier alpha value is 0.636. The normalized spacial score (nSPS) is 21.2. The summed E-state index contributed by atoms with van der Waals surface area (Å²) < 4.78 is 197. The molecule has 0 N–H and O–H groups in total. The van der Waals surface area contributed by atoms with E-state index in [2.05, 4.69) is 0 Å². The zero-order valence-corrected chi connectivity index (χ0v) is 17.1. The molecule has 7 atom stereocenters. The molecule has 0 radical (unpaired) electrons. The van der Waals surface area contributed by atoms with Gasteiger partial charge in [-0.15, -0.1) is 0 Å². The molecule has 7 unspecified atom stereocenters. The molecule has 0 aromatic rings. The van der Waals surface area contributed by atoms with E-state index in [4.69, 9.17) is 0 Å². The number of alkyl halides is 13. The van der Waals surface area contributed by atoms with E-state index in [-0.39, 0.29) is 51.4 Å². The number of rotatable bonds is 10. The fraction of sp³-hybridized carbons (Fsp3) is 1.00. The minimum atomic E-state index is -6.87. The van der Waals surface area contributed by atoms with Crippen LogP contribution in [0.15, 0.2) is 0 Å². The van der Waals surface area contributed by atoms with Crippen LogP contribution < -0.4 is 51.4 Å². The van der Waals surface area contributed by atoms with Gasteiger partial charge in [-0.2, -0.15) is 17.6 Å². The van der Waals surface area contributed by atoms with Crippen molar-refractivity contribution in [3.05, 3.63) is 0 Å². The van der Waals surface area contributed by atoms with E-state index in [9.17, 15) is 70.0 Å². The Balaban J connectivity index is 0. The van der Waals surface area contributed by atoms with Crippen LogP contribution in [-0.2, 0) is 10.1 Å². The molecule has 0 aromatic heterocycles. The summed E-state index contributed by atoms with van der Waals surface area (Å²) in [5, 5.41) is 0. The molecule has 164 valence electrons. The summed E-state index contributed by atoms with van der Waals surface area (Å²) in [6, 6.07) is 0. The molecule has 0 aliphatic heterocycles. The first-order chi connectivity index (χ1) is 11.8. The van der Waals surface area contributed by atoms with E-state index in [0.29, 0.717) is 0 Å². The van der Waals surface area contributed by atoms with Gasteiger partial charge in [-0.25, -0.2) is 47.9 Å². The quantitative estimate of drug-likeness (QED) is 0.251. The average molecular weight is 494 g/mol. The number of halogens is 13. The van der Waals surface area contributed by atoms with E-state index in [1.165, 1.54) is 0 Å². The van der Waals surface area contributed by atoms with Crippen LogP contribution in [0.5, 0.6) is 0 Å². The van der Waals surface area contributed by atoms with Crippen molar-refractivity contribution in [1.82, 2.24) is 0 Å². The average Bonchev–Trinajstić information content (AvgIpc) is 2.55. The van der Waals surface area contributed by atoms with Crippen LogP contribution in [0.3, 0.4) is 0 Å². The van der Waals surface area contributed by atoms with Gasteiger partial charge in [-0.05, 0) is 0 Å². The SMILES string of the molecule is O=S(=O)([O-])C(F)C(F)(F)C(F)(F)C(F)C(F)C(F)C(F)C(F)C(F)C(F)F.[K+]. The molecule has 0 heterocycles. The monoisotopic (exact) mass is 494 g/mol. The molecular formula is C10H8F13KO3S. The Labute approximate surface area is 191 Å². The van der Waals surface area contributed by atoms with Crippen LogP contribution in [0.1, 0.15) is 0 Å². The van der Waals surface area contributed by atoms with E-state index in [0.717, 1.165) is 0 Å². The van der Waals surface area contributed by atoms with Crippen molar-refractivity contribution in [2.24, 2.45) is 0 Å². The summed E-state index contributed by atoms with van der Waals surface area (Å²) in [4.78, 5) is 0. The second-order valence-corrected chi connectivity index (χ2v) is 6.41. The fourth-order valence-electron chi connectivity index (χ4n) is 1.54. The van der Waals surface area contributed by atoms with Gasteiger partial charge in [0.05, 0.1) is 0 Å². The minimum Gasteiger partial charge on any atom is -0.746 e. The molecule has 0 fully saturated rings. The predicted molar refractivity (Wildman–Crippen MR) is 59.9 cm³/mol. The standard InChI is InChI=1S/C10H9F13O3S.K/c11-1(3(13)5(15)7(17)18)2(12)4(14)6(16)9(20,21)10(22,23)8(19)27(24,25)26;/h1-8H,(H,24,25,26);/q;+1/p-1. The second kappa shape index (κ2) is 10.8. The Kier molecular flexibility index (Phi) is 11.9. The van der Waals surface area contributed by atoms with E-state index in [1.807, 2.05) is 0 Å². The van der Waals surface area contributed by atoms with Crippen molar-refractivity contribution >= 4 is 10.1 Å². The maximum atomic E-state index is 13.2. The molecule has 0 bridgehead atoms. The third kappa shape index (κ3) is 6.57. The number of hydrogen-bond donors (Lipinski definition) is 0. The first-order valence-corrected chi connectivity index (χ1v) is 7.75. The summed E-state index contributed by atoms with van der Waals surface area (Å²) in [5.74, 6) is -13.6. The molecule has 28 heavy (non-hydrogen) atoms. The van der Waals surface area contributed by atoms with Crippen LogP contribution in [0.4, 0.5) is 57.1 Å². The van der Waals surface area contributed by atoms with Gasteiger partial charge in [-0.3, -0.25) is 0 Å². The van der Waals surface area contributed by atoms with Crippen LogP contribution >= 0.6 is 0 Å². The van der Waals surface area contributed by atoms with Crippen molar-refractivity contribution in [2.45, 2.75) is 60.8 Å². The third-order valence-corrected chi connectivity index (χ3v) is 3.87. The zero-order chi connectivity index (χ0) is 22.1. The smallest absolute Gasteiger partial charge is 0.746 e. The molecule has 0 saturated heterocycles.